The van der Waals surface area contributed by atoms with Gasteiger partial charge >= 0.3 is 62.4 Å². The van der Waals surface area contributed by atoms with Gasteiger partial charge in [-0.3, -0.25) is 0 Å². The Kier molecular flexibility index (Phi) is 22.4. The van der Waals surface area contributed by atoms with Gasteiger partial charge in [0.2, 0.25) is 0 Å². The first-order valence-electron chi connectivity index (χ1n) is 17.6. The van der Waals surface area contributed by atoms with Crippen LogP contribution in [0.3, 0.4) is 0 Å². The predicted molar refractivity (Wildman–Crippen MR) is 254 cm³/mol. The Bertz CT molecular complexity index is 1830. The molecule has 1 fully saturated rings. The van der Waals surface area contributed by atoms with Crippen molar-refractivity contribution in [2.75, 3.05) is 13.2 Å². The monoisotopic (exact) mass is 1310 g/mol. The Hall–Kier alpha value is -0.650. The Morgan fingerprint density at radius 1 is 0.745 bits per heavy atom. The van der Waals surface area contributed by atoms with Crippen LogP contribution in [0.4, 0.5) is 0 Å². The van der Waals surface area contributed by atoms with E-state index in [1.807, 2.05) is 122 Å². The number of benzene rings is 4. The molecule has 0 aliphatic carbocycles. The van der Waals surface area contributed by atoms with Gasteiger partial charge in [-0.05, 0) is 126 Å². The Labute approximate surface area is 381 Å². The number of rotatable bonds is 9. The normalized spacial score (nSPS) is 14.4. The number of carbonyl (C=O) groups excluding carboxylic acids is 2. The van der Waals surface area contributed by atoms with Crippen molar-refractivity contribution in [3.8, 4) is 22.3 Å². The molecule has 0 radical (unpaired) electrons. The van der Waals surface area contributed by atoms with Crippen molar-refractivity contribution in [2.24, 2.45) is 0 Å². The maximum absolute atomic E-state index is 12.4. The molecule has 4 aromatic rings. The number of hydrogen-bond acceptors (Lipinski definition) is 7. The van der Waals surface area contributed by atoms with Gasteiger partial charge in [-0.2, -0.15) is 0 Å². The van der Waals surface area contributed by atoms with Crippen LogP contribution < -0.4 is 13.3 Å². The van der Waals surface area contributed by atoms with Crippen LogP contribution in [0.15, 0.2) is 84.9 Å². The molecular weight excluding hydrogens is 1260 g/mol. The maximum atomic E-state index is 12.4. The van der Waals surface area contributed by atoms with E-state index >= 15 is 0 Å². The quantitative estimate of drug-likeness (QED) is 0.101. The third-order valence-corrected chi connectivity index (χ3v) is 8.06. The van der Waals surface area contributed by atoms with E-state index in [9.17, 15) is 14.7 Å². The average Bonchev–Trinajstić information content (AvgIpc) is 3.95. The molecule has 0 spiro atoms. The van der Waals surface area contributed by atoms with E-state index in [-0.39, 0.29) is 24.1 Å². The second kappa shape index (κ2) is 24.4. The van der Waals surface area contributed by atoms with Gasteiger partial charge in [0.05, 0.1) is 36.5 Å². The molecule has 55 heavy (non-hydrogen) atoms. The molecule has 4 aromatic carbocycles. The summed E-state index contributed by atoms with van der Waals surface area (Å²) in [6.45, 7) is 20.2. The van der Waals surface area contributed by atoms with E-state index in [4.69, 9.17) is 18.9 Å². The number of aryl methyl sites for hydroxylation is 2. The molecule has 0 aromatic heterocycles. The molecule has 0 bridgehead atoms. The van der Waals surface area contributed by atoms with Crippen LogP contribution in [0.25, 0.3) is 22.3 Å². The van der Waals surface area contributed by atoms with Crippen LogP contribution in [0.1, 0.15) is 111 Å². The van der Waals surface area contributed by atoms with Crippen molar-refractivity contribution in [3.05, 3.63) is 118 Å². The fourth-order valence-corrected chi connectivity index (χ4v) is 5.53. The number of halogens is 5. The third-order valence-electron chi connectivity index (χ3n) is 8.06. The summed E-state index contributed by atoms with van der Waals surface area (Å²) in [6, 6.07) is 27.5. The van der Waals surface area contributed by atoms with E-state index < -0.39 is 17.3 Å². The molecule has 12 heteroatoms. The Morgan fingerprint density at radius 3 is 1.49 bits per heavy atom. The third kappa shape index (κ3) is 17.6. The molecule has 0 amide bonds. The van der Waals surface area contributed by atoms with Crippen molar-refractivity contribution >= 4 is 86.4 Å². The first kappa shape index (κ1) is 50.5. The molecule has 302 valence electrons. The van der Waals surface area contributed by atoms with Gasteiger partial charge in [-0.15, -0.1) is 0 Å². The van der Waals surface area contributed by atoms with Gasteiger partial charge < -0.3 is 24.1 Å². The van der Waals surface area contributed by atoms with E-state index in [0.717, 1.165) is 51.1 Å². The SMILES string of the molecule is Cc1cc(-c2ccccc2[C@@H](C)O)ccc1C(=O)OC(C)(C)C.Cc1cc(-c2ccccc2[C@@H](C)OCC2CO2)ccc1C(=O)OC(C)(C)C.II.I[I-]I. The number of aliphatic hydroxyl groups excluding tert-OH is 1. The Morgan fingerprint density at radius 2 is 1.13 bits per heavy atom. The van der Waals surface area contributed by atoms with Crippen LogP contribution in [0.5, 0.6) is 0 Å². The van der Waals surface area contributed by atoms with Crippen molar-refractivity contribution in [3.63, 3.8) is 0 Å². The van der Waals surface area contributed by atoms with Gasteiger partial charge in [0.1, 0.15) is 17.3 Å². The van der Waals surface area contributed by atoms with Gasteiger partial charge in [0.15, 0.2) is 0 Å². The fraction of sp³-hybridized carbons (Fsp3) is 0.395. The van der Waals surface area contributed by atoms with Crippen LogP contribution in [0.2, 0.25) is 0 Å². The van der Waals surface area contributed by atoms with Crippen molar-refractivity contribution in [2.45, 2.75) is 98.8 Å². The summed E-state index contributed by atoms with van der Waals surface area (Å²) in [5.74, 6) is -0.605. The number of esters is 2. The summed E-state index contributed by atoms with van der Waals surface area (Å²) in [4.78, 5) is 24.6. The summed E-state index contributed by atoms with van der Waals surface area (Å²) in [5.41, 5.74) is 8.03. The first-order valence-corrected chi connectivity index (χ1v) is 36.5. The van der Waals surface area contributed by atoms with Crippen molar-refractivity contribution in [1.29, 1.82) is 0 Å². The molecule has 0 saturated carbocycles. The van der Waals surface area contributed by atoms with E-state index in [1.165, 1.54) is 0 Å². The van der Waals surface area contributed by atoms with Gasteiger partial charge in [-0.1, -0.05) is 72.8 Å². The molecule has 1 aliphatic heterocycles. The summed E-state index contributed by atoms with van der Waals surface area (Å²) < 4.78 is 22.1. The van der Waals surface area contributed by atoms with Gasteiger partial charge in [-0.25, -0.2) is 9.59 Å². The molecule has 1 aliphatic rings. The fourth-order valence-electron chi connectivity index (χ4n) is 5.53. The molecule has 7 nitrogen and oxygen atoms in total. The summed E-state index contributed by atoms with van der Waals surface area (Å²) in [6.07, 6.45) is -0.330. The molecule has 3 atom stereocenters. The Balaban J connectivity index is 0.000000344. The van der Waals surface area contributed by atoms with Crippen molar-refractivity contribution in [1.82, 2.24) is 0 Å². The zero-order valence-electron chi connectivity index (χ0n) is 33.0. The number of epoxide rings is 1. The summed E-state index contributed by atoms with van der Waals surface area (Å²) in [7, 11) is 0. The molecule has 1 N–H and O–H groups in total. The van der Waals surface area contributed by atoms with Crippen LogP contribution in [-0.2, 0) is 18.9 Å². The molecule has 1 saturated heterocycles. The van der Waals surface area contributed by atoms with Crippen molar-refractivity contribution < 1.29 is 46.9 Å². The van der Waals surface area contributed by atoms with Crippen LogP contribution >= 0.6 is 74.5 Å². The minimum atomic E-state index is -0.544. The summed E-state index contributed by atoms with van der Waals surface area (Å²) in [5, 5.41) is 9.93. The topological polar surface area (TPSA) is 94.6 Å². The van der Waals surface area contributed by atoms with Gasteiger partial charge in [0.25, 0.3) is 0 Å². The predicted octanol–water partition coefficient (Wildman–Crippen LogP) is 10.3. The van der Waals surface area contributed by atoms with E-state index in [0.29, 0.717) is 31.0 Å². The zero-order chi connectivity index (χ0) is 41.5. The molecular formula is C43H52I5O7-. The number of carbonyl (C=O) groups is 2. The van der Waals surface area contributed by atoms with E-state index in [1.54, 1.807) is 13.0 Å². The number of hydrogen-bond donors (Lipinski definition) is 1. The standard InChI is InChI=1S/C23H28O4.C20H24O3.I3.I2/c1-15-12-17(10-11-19(15)22(24)27-23(3,4)5)21-9-7-6-8-20(21)16(2)25-13-18-14-26-18;1-13-12-15(18-9-7-6-8-17(18)14(2)21)10-11-16(13)19(22)23-20(3,4)5;1-3-2;1-2/h6-12,16,18H,13-14H2,1-5H3;6-12,14,21H,1-5H3;;/q;;-1;/t16-,18?;14-;;/m11../s1. The molecule has 1 unspecified atom stereocenters. The summed E-state index contributed by atoms with van der Waals surface area (Å²) >= 11 is 9.54. The average molecular weight is 1320 g/mol. The molecule has 1 heterocycles. The van der Waals surface area contributed by atoms with E-state index in [2.05, 4.69) is 93.5 Å². The van der Waals surface area contributed by atoms with Crippen LogP contribution in [0, 0.1) is 13.8 Å². The first-order chi connectivity index (χ1) is 25.8. The van der Waals surface area contributed by atoms with Gasteiger partial charge in [0, 0.05) is 37.2 Å². The minimum absolute atomic E-state index is 0.0313. The number of aliphatic hydroxyl groups is 1. The molecule has 5 rings (SSSR count). The second-order valence-corrected chi connectivity index (χ2v) is 31.1. The number of ether oxygens (including phenoxy) is 4. The zero-order valence-corrected chi connectivity index (χ0v) is 43.8. The van der Waals surface area contributed by atoms with Crippen LogP contribution in [-0.4, -0.2) is 47.6 Å². The second-order valence-electron chi connectivity index (χ2n) is 14.9.